The number of anilines is 1. The Balaban J connectivity index is 2.01. The first-order valence-electron chi connectivity index (χ1n) is 7.47. The van der Waals surface area contributed by atoms with Crippen molar-refractivity contribution >= 4 is 5.82 Å². The van der Waals surface area contributed by atoms with Crippen molar-refractivity contribution in [1.29, 1.82) is 0 Å². The smallest absolute Gasteiger partial charge is 0.129 e. The molecule has 1 aromatic heterocycles. The molecule has 19 heavy (non-hydrogen) atoms. The van der Waals surface area contributed by atoms with Gasteiger partial charge in [-0.2, -0.15) is 0 Å². The molecule has 0 radical (unpaired) electrons. The molecule has 0 atom stereocenters. The van der Waals surface area contributed by atoms with Gasteiger partial charge in [-0.3, -0.25) is 0 Å². The van der Waals surface area contributed by atoms with Crippen LogP contribution in [0.2, 0.25) is 0 Å². The van der Waals surface area contributed by atoms with E-state index < -0.39 is 0 Å². The fourth-order valence-corrected chi connectivity index (χ4v) is 2.47. The van der Waals surface area contributed by atoms with E-state index in [9.17, 15) is 0 Å². The maximum Gasteiger partial charge on any atom is 0.129 e. The van der Waals surface area contributed by atoms with Crippen LogP contribution in [0.1, 0.15) is 44.4 Å². The Morgan fingerprint density at radius 1 is 1.37 bits per heavy atom. The van der Waals surface area contributed by atoms with E-state index in [0.29, 0.717) is 12.0 Å². The number of hydrogen-bond acceptors (Lipinski definition) is 3. The van der Waals surface area contributed by atoms with E-state index in [1.54, 1.807) is 0 Å². The van der Waals surface area contributed by atoms with Crippen molar-refractivity contribution in [2.75, 3.05) is 18.5 Å². The maximum absolute atomic E-state index is 4.68. The van der Waals surface area contributed by atoms with Crippen LogP contribution in [0.4, 0.5) is 5.82 Å². The van der Waals surface area contributed by atoms with Gasteiger partial charge >= 0.3 is 0 Å². The molecule has 1 aromatic rings. The molecule has 0 bridgehead atoms. The Morgan fingerprint density at radius 2 is 2.11 bits per heavy atom. The van der Waals surface area contributed by atoms with Crippen molar-refractivity contribution in [3.8, 4) is 0 Å². The van der Waals surface area contributed by atoms with Crippen LogP contribution in [-0.2, 0) is 6.54 Å². The second kappa shape index (κ2) is 6.38. The second-order valence-electron chi connectivity index (χ2n) is 6.20. The summed E-state index contributed by atoms with van der Waals surface area (Å²) in [6.07, 6.45) is 3.99. The highest BCUT2D eigenvalue weighted by atomic mass is 15.2. The minimum atomic E-state index is 0.694. The highest BCUT2D eigenvalue weighted by Crippen LogP contribution is 2.27. The normalized spacial score (nSPS) is 15.6. The lowest BCUT2D eigenvalue weighted by molar-refractivity contribution is 0.399. The standard InChI is InChI=1S/C16H27N3/c1-12(2)10-17-11-14-8-13(3)18-16(9-14)19(4)15-6-5-7-15/h8-9,12,15,17H,5-7,10-11H2,1-4H3. The first-order chi connectivity index (χ1) is 9.06. The van der Waals surface area contributed by atoms with Crippen LogP contribution in [0.25, 0.3) is 0 Å². The number of aryl methyl sites for hydroxylation is 1. The number of aromatic nitrogens is 1. The summed E-state index contributed by atoms with van der Waals surface area (Å²) in [6, 6.07) is 5.12. The molecule has 3 heteroatoms. The summed E-state index contributed by atoms with van der Waals surface area (Å²) in [5.41, 5.74) is 2.46. The highest BCUT2D eigenvalue weighted by molar-refractivity contribution is 5.43. The van der Waals surface area contributed by atoms with Gasteiger partial charge in [0.05, 0.1) is 0 Å². The molecule has 0 unspecified atom stereocenters. The van der Waals surface area contributed by atoms with Gasteiger partial charge in [-0.25, -0.2) is 4.98 Å². The summed E-state index contributed by atoms with van der Waals surface area (Å²) in [6.45, 7) is 8.56. The lowest BCUT2D eigenvalue weighted by atomic mass is 9.92. The summed E-state index contributed by atoms with van der Waals surface area (Å²) < 4.78 is 0. The third-order valence-electron chi connectivity index (χ3n) is 3.87. The molecule has 2 rings (SSSR count). The predicted octanol–water partition coefficient (Wildman–Crippen LogP) is 3.12. The largest absolute Gasteiger partial charge is 0.357 e. The average molecular weight is 261 g/mol. The summed E-state index contributed by atoms with van der Waals surface area (Å²) in [5.74, 6) is 1.83. The molecule has 0 saturated heterocycles. The summed E-state index contributed by atoms with van der Waals surface area (Å²) in [7, 11) is 2.18. The summed E-state index contributed by atoms with van der Waals surface area (Å²) >= 11 is 0. The number of rotatable bonds is 6. The molecular formula is C16H27N3. The second-order valence-corrected chi connectivity index (χ2v) is 6.20. The van der Waals surface area contributed by atoms with E-state index in [0.717, 1.165) is 24.6 Å². The van der Waals surface area contributed by atoms with E-state index in [2.05, 4.69) is 55.2 Å². The predicted molar refractivity (Wildman–Crippen MR) is 81.6 cm³/mol. The average Bonchev–Trinajstić information content (AvgIpc) is 2.25. The fourth-order valence-electron chi connectivity index (χ4n) is 2.47. The van der Waals surface area contributed by atoms with E-state index in [-0.39, 0.29) is 0 Å². The molecule has 1 fully saturated rings. The molecule has 1 N–H and O–H groups in total. The van der Waals surface area contributed by atoms with Crippen molar-refractivity contribution in [3.05, 3.63) is 23.4 Å². The Labute approximate surface area is 117 Å². The van der Waals surface area contributed by atoms with Crippen molar-refractivity contribution in [1.82, 2.24) is 10.3 Å². The van der Waals surface area contributed by atoms with E-state index >= 15 is 0 Å². The molecule has 1 heterocycles. The first kappa shape index (κ1) is 14.3. The van der Waals surface area contributed by atoms with Crippen LogP contribution in [0.3, 0.4) is 0 Å². The maximum atomic E-state index is 4.68. The molecule has 1 aliphatic rings. The highest BCUT2D eigenvalue weighted by Gasteiger charge is 2.23. The van der Waals surface area contributed by atoms with Crippen LogP contribution >= 0.6 is 0 Å². The number of nitrogens with zero attached hydrogens (tertiary/aromatic N) is 2. The molecule has 0 aliphatic heterocycles. The van der Waals surface area contributed by atoms with Gasteiger partial charge in [-0.05, 0) is 56.3 Å². The molecule has 0 aromatic carbocycles. The lowest BCUT2D eigenvalue weighted by Crippen LogP contribution is -2.37. The van der Waals surface area contributed by atoms with E-state index in [1.807, 2.05) is 0 Å². The van der Waals surface area contributed by atoms with Gasteiger partial charge in [0.15, 0.2) is 0 Å². The number of pyridine rings is 1. The van der Waals surface area contributed by atoms with Crippen LogP contribution in [0.5, 0.6) is 0 Å². The van der Waals surface area contributed by atoms with Gasteiger partial charge in [-0.1, -0.05) is 13.8 Å². The van der Waals surface area contributed by atoms with Crippen LogP contribution in [0.15, 0.2) is 12.1 Å². The first-order valence-corrected chi connectivity index (χ1v) is 7.47. The van der Waals surface area contributed by atoms with Gasteiger partial charge in [0, 0.05) is 25.3 Å². The minimum absolute atomic E-state index is 0.694. The zero-order valence-corrected chi connectivity index (χ0v) is 12.7. The molecule has 106 valence electrons. The van der Waals surface area contributed by atoms with Crippen LogP contribution in [-0.4, -0.2) is 24.6 Å². The van der Waals surface area contributed by atoms with E-state index in [4.69, 9.17) is 0 Å². The summed E-state index contributed by atoms with van der Waals surface area (Å²) in [5, 5.41) is 3.51. The van der Waals surface area contributed by atoms with Crippen LogP contribution in [0, 0.1) is 12.8 Å². The van der Waals surface area contributed by atoms with Gasteiger partial charge in [-0.15, -0.1) is 0 Å². The number of nitrogens with one attached hydrogen (secondary N) is 1. The van der Waals surface area contributed by atoms with Crippen molar-refractivity contribution in [2.45, 2.75) is 52.6 Å². The number of hydrogen-bond donors (Lipinski definition) is 1. The molecule has 3 nitrogen and oxygen atoms in total. The topological polar surface area (TPSA) is 28.2 Å². The molecule has 1 aliphatic carbocycles. The minimum Gasteiger partial charge on any atom is -0.357 e. The Morgan fingerprint density at radius 3 is 2.68 bits per heavy atom. The summed E-state index contributed by atoms with van der Waals surface area (Å²) in [4.78, 5) is 7.03. The fraction of sp³-hybridized carbons (Fsp3) is 0.688. The molecule has 1 saturated carbocycles. The quantitative estimate of drug-likeness (QED) is 0.853. The SMILES string of the molecule is Cc1cc(CNCC(C)C)cc(N(C)C2CCC2)n1. The third kappa shape index (κ3) is 3.93. The van der Waals surface area contributed by atoms with E-state index in [1.165, 1.54) is 24.8 Å². The Hall–Kier alpha value is -1.09. The van der Waals surface area contributed by atoms with Crippen molar-refractivity contribution in [2.24, 2.45) is 5.92 Å². The Kier molecular flexibility index (Phi) is 4.81. The zero-order chi connectivity index (χ0) is 13.8. The zero-order valence-electron chi connectivity index (χ0n) is 12.7. The van der Waals surface area contributed by atoms with Gasteiger partial charge in [0.25, 0.3) is 0 Å². The van der Waals surface area contributed by atoms with Gasteiger partial charge in [0.1, 0.15) is 5.82 Å². The van der Waals surface area contributed by atoms with Crippen molar-refractivity contribution in [3.63, 3.8) is 0 Å². The molecule has 0 amide bonds. The lowest BCUT2D eigenvalue weighted by Gasteiger charge is -2.35. The molecular weight excluding hydrogens is 234 g/mol. The van der Waals surface area contributed by atoms with Crippen molar-refractivity contribution < 1.29 is 0 Å². The third-order valence-corrected chi connectivity index (χ3v) is 3.87. The monoisotopic (exact) mass is 261 g/mol. The van der Waals surface area contributed by atoms with Crippen LogP contribution < -0.4 is 10.2 Å². The van der Waals surface area contributed by atoms with Gasteiger partial charge in [0.2, 0.25) is 0 Å². The van der Waals surface area contributed by atoms with Gasteiger partial charge < -0.3 is 10.2 Å². The molecule has 0 spiro atoms. The Bertz CT molecular complexity index is 410.